The monoisotopic (exact) mass is 236 g/mol. The average molecular weight is 236 g/mol. The van der Waals surface area contributed by atoms with Crippen LogP contribution in [0.1, 0.15) is 40.0 Å². The number of likely N-dealkylation sites (tertiary alicyclic amines) is 2. The maximum atomic E-state index is 4.02. The molecule has 0 aromatic carbocycles. The zero-order valence-electron chi connectivity index (χ0n) is 11.8. The Morgan fingerprint density at radius 3 is 2.24 bits per heavy atom. The molecule has 1 spiro atoms. The van der Waals surface area contributed by atoms with Crippen LogP contribution in [0.4, 0.5) is 0 Å². The van der Waals surface area contributed by atoms with Crippen LogP contribution in [-0.4, -0.2) is 48.6 Å². The van der Waals surface area contributed by atoms with Gasteiger partial charge in [-0.3, -0.25) is 4.90 Å². The lowest BCUT2D eigenvalue weighted by Crippen LogP contribution is -2.42. The van der Waals surface area contributed by atoms with E-state index in [4.69, 9.17) is 0 Å². The minimum Gasteiger partial charge on any atom is -0.300 e. The summed E-state index contributed by atoms with van der Waals surface area (Å²) in [5.74, 6) is 0. The summed E-state index contributed by atoms with van der Waals surface area (Å²) in [5, 5.41) is 0. The molecule has 2 fully saturated rings. The molecule has 0 aromatic heterocycles. The van der Waals surface area contributed by atoms with Gasteiger partial charge in [0.15, 0.2) is 0 Å². The maximum Gasteiger partial charge on any atom is 0.0187 e. The lowest BCUT2D eigenvalue weighted by Gasteiger charge is -2.39. The molecule has 0 unspecified atom stereocenters. The Balaban J connectivity index is 1.84. The second-order valence-electron chi connectivity index (χ2n) is 6.55. The highest BCUT2D eigenvalue weighted by atomic mass is 15.2. The molecule has 0 atom stereocenters. The van der Waals surface area contributed by atoms with Gasteiger partial charge in [-0.15, -0.1) is 0 Å². The predicted molar refractivity (Wildman–Crippen MR) is 74.2 cm³/mol. The standard InChI is InChI=1S/C15H28N2/c1-13(2)11-16-8-5-15(6-9-16)7-10-17(12-15)14(3)4/h14H,1,5-12H2,2-4H3. The molecule has 2 heteroatoms. The van der Waals surface area contributed by atoms with E-state index in [1.54, 1.807) is 0 Å². The summed E-state index contributed by atoms with van der Waals surface area (Å²) in [7, 11) is 0. The van der Waals surface area contributed by atoms with E-state index >= 15 is 0 Å². The van der Waals surface area contributed by atoms with Crippen molar-refractivity contribution in [2.24, 2.45) is 5.41 Å². The van der Waals surface area contributed by atoms with Crippen molar-refractivity contribution in [1.82, 2.24) is 9.80 Å². The third-order valence-corrected chi connectivity index (χ3v) is 4.61. The van der Waals surface area contributed by atoms with Gasteiger partial charge >= 0.3 is 0 Å². The first-order valence-corrected chi connectivity index (χ1v) is 7.12. The molecule has 0 amide bonds. The SMILES string of the molecule is C=C(C)CN1CCC2(CC1)CCN(C(C)C)C2. The highest BCUT2D eigenvalue weighted by Crippen LogP contribution is 2.40. The molecule has 0 aromatic rings. The third kappa shape index (κ3) is 3.11. The zero-order chi connectivity index (χ0) is 12.5. The van der Waals surface area contributed by atoms with E-state index < -0.39 is 0 Å². The van der Waals surface area contributed by atoms with Gasteiger partial charge in [0.05, 0.1) is 0 Å². The molecule has 2 saturated heterocycles. The van der Waals surface area contributed by atoms with Crippen LogP contribution in [-0.2, 0) is 0 Å². The summed E-state index contributed by atoms with van der Waals surface area (Å²) in [4.78, 5) is 5.24. The Morgan fingerprint density at radius 1 is 1.18 bits per heavy atom. The molecule has 2 aliphatic rings. The van der Waals surface area contributed by atoms with Crippen LogP contribution in [0.15, 0.2) is 12.2 Å². The van der Waals surface area contributed by atoms with Crippen molar-refractivity contribution in [3.8, 4) is 0 Å². The Bertz CT molecular complexity index is 275. The number of hydrogen-bond donors (Lipinski definition) is 0. The molecule has 0 bridgehead atoms. The van der Waals surface area contributed by atoms with E-state index in [1.807, 2.05) is 0 Å². The molecule has 0 radical (unpaired) electrons. The molecule has 0 N–H and O–H groups in total. The fourth-order valence-electron chi connectivity index (χ4n) is 3.39. The van der Waals surface area contributed by atoms with Crippen molar-refractivity contribution in [3.05, 3.63) is 12.2 Å². The number of nitrogens with zero attached hydrogens (tertiary/aromatic N) is 2. The van der Waals surface area contributed by atoms with Crippen LogP contribution in [0.25, 0.3) is 0 Å². The van der Waals surface area contributed by atoms with Gasteiger partial charge < -0.3 is 4.90 Å². The summed E-state index contributed by atoms with van der Waals surface area (Å²) < 4.78 is 0. The maximum absolute atomic E-state index is 4.02. The molecular weight excluding hydrogens is 208 g/mol. The van der Waals surface area contributed by atoms with E-state index in [-0.39, 0.29) is 0 Å². The number of piperidine rings is 1. The number of rotatable bonds is 3. The summed E-state index contributed by atoms with van der Waals surface area (Å²) in [6, 6.07) is 0.725. The van der Waals surface area contributed by atoms with Crippen LogP contribution >= 0.6 is 0 Å². The Hall–Kier alpha value is -0.340. The third-order valence-electron chi connectivity index (χ3n) is 4.61. The van der Waals surface area contributed by atoms with Crippen LogP contribution in [0.5, 0.6) is 0 Å². The first-order valence-electron chi connectivity index (χ1n) is 7.12. The van der Waals surface area contributed by atoms with Crippen LogP contribution in [0, 0.1) is 5.41 Å². The number of hydrogen-bond acceptors (Lipinski definition) is 2. The van der Waals surface area contributed by atoms with Crippen LogP contribution < -0.4 is 0 Å². The quantitative estimate of drug-likeness (QED) is 0.695. The highest BCUT2D eigenvalue weighted by molar-refractivity contribution is 4.98. The molecule has 0 aliphatic carbocycles. The molecule has 17 heavy (non-hydrogen) atoms. The molecule has 2 aliphatic heterocycles. The normalized spacial score (nSPS) is 25.9. The van der Waals surface area contributed by atoms with Crippen molar-refractivity contribution >= 4 is 0 Å². The van der Waals surface area contributed by atoms with Gasteiger partial charge in [0.2, 0.25) is 0 Å². The van der Waals surface area contributed by atoms with Crippen molar-refractivity contribution < 1.29 is 0 Å². The summed E-state index contributed by atoms with van der Waals surface area (Å²) in [6.07, 6.45) is 4.21. The Morgan fingerprint density at radius 2 is 1.76 bits per heavy atom. The van der Waals surface area contributed by atoms with Crippen LogP contribution in [0.2, 0.25) is 0 Å². The van der Waals surface area contributed by atoms with E-state index in [1.165, 1.54) is 51.0 Å². The lowest BCUT2D eigenvalue weighted by atomic mass is 9.77. The summed E-state index contributed by atoms with van der Waals surface area (Å²) in [5.41, 5.74) is 1.95. The van der Waals surface area contributed by atoms with Gasteiger partial charge in [-0.1, -0.05) is 12.2 Å². The second kappa shape index (κ2) is 5.11. The van der Waals surface area contributed by atoms with Gasteiger partial charge in [0.25, 0.3) is 0 Å². The van der Waals surface area contributed by atoms with Crippen molar-refractivity contribution in [3.63, 3.8) is 0 Å². The Kier molecular flexibility index (Phi) is 3.94. The molecule has 98 valence electrons. The molecule has 2 nitrogen and oxygen atoms in total. The first-order chi connectivity index (χ1) is 8.01. The Labute approximate surface area is 107 Å². The van der Waals surface area contributed by atoms with E-state index in [0.717, 1.165) is 12.6 Å². The topological polar surface area (TPSA) is 6.48 Å². The predicted octanol–water partition coefficient (Wildman–Crippen LogP) is 2.76. The van der Waals surface area contributed by atoms with Gasteiger partial charge in [0.1, 0.15) is 0 Å². The van der Waals surface area contributed by atoms with Gasteiger partial charge in [-0.2, -0.15) is 0 Å². The second-order valence-corrected chi connectivity index (χ2v) is 6.55. The zero-order valence-corrected chi connectivity index (χ0v) is 11.8. The lowest BCUT2D eigenvalue weighted by molar-refractivity contribution is 0.109. The minimum absolute atomic E-state index is 0.649. The first kappa shape index (κ1) is 13.1. The van der Waals surface area contributed by atoms with Gasteiger partial charge in [0, 0.05) is 19.1 Å². The van der Waals surface area contributed by atoms with Crippen molar-refractivity contribution in [1.29, 1.82) is 0 Å². The molecule has 0 saturated carbocycles. The van der Waals surface area contributed by atoms with Crippen LogP contribution in [0.3, 0.4) is 0 Å². The highest BCUT2D eigenvalue weighted by Gasteiger charge is 2.40. The largest absolute Gasteiger partial charge is 0.300 e. The van der Waals surface area contributed by atoms with E-state index in [0.29, 0.717) is 5.41 Å². The minimum atomic E-state index is 0.649. The smallest absolute Gasteiger partial charge is 0.0187 e. The van der Waals surface area contributed by atoms with Crippen molar-refractivity contribution in [2.75, 3.05) is 32.7 Å². The molecule has 2 heterocycles. The van der Waals surface area contributed by atoms with E-state index in [2.05, 4.69) is 37.1 Å². The summed E-state index contributed by atoms with van der Waals surface area (Å²) >= 11 is 0. The van der Waals surface area contributed by atoms with E-state index in [9.17, 15) is 0 Å². The van der Waals surface area contributed by atoms with Crippen molar-refractivity contribution in [2.45, 2.75) is 46.1 Å². The van der Waals surface area contributed by atoms with Gasteiger partial charge in [-0.05, 0) is 65.1 Å². The average Bonchev–Trinajstić information content (AvgIpc) is 2.66. The fourth-order valence-corrected chi connectivity index (χ4v) is 3.39. The van der Waals surface area contributed by atoms with Gasteiger partial charge in [-0.25, -0.2) is 0 Å². The summed E-state index contributed by atoms with van der Waals surface area (Å²) in [6.45, 7) is 17.1. The fraction of sp³-hybridized carbons (Fsp3) is 0.867. The molecular formula is C15H28N2. The molecule has 2 rings (SSSR count).